The molecule has 1 aromatic rings. The number of hydrogen-bond donors (Lipinski definition) is 3. The van der Waals surface area contributed by atoms with E-state index in [1.54, 1.807) is 0 Å². The molecule has 1 aromatic carbocycles. The molecule has 1 saturated carbocycles. The van der Waals surface area contributed by atoms with Crippen molar-refractivity contribution in [3.63, 3.8) is 0 Å². The molecule has 19 heavy (non-hydrogen) atoms. The second-order valence-electron chi connectivity index (χ2n) is 5.17. The lowest BCUT2D eigenvalue weighted by Crippen LogP contribution is -2.44. The third kappa shape index (κ3) is 3.78. The van der Waals surface area contributed by atoms with Crippen molar-refractivity contribution in [2.45, 2.75) is 43.7 Å². The van der Waals surface area contributed by atoms with Crippen molar-refractivity contribution in [2.75, 3.05) is 6.54 Å². The number of carboxylic acid groups (broad SMARTS) is 1. The molecular formula is C15H21NO3. The summed E-state index contributed by atoms with van der Waals surface area (Å²) in [4.78, 5) is 11.4. The summed E-state index contributed by atoms with van der Waals surface area (Å²) in [5.74, 6) is -1.39. The van der Waals surface area contributed by atoms with Crippen LogP contribution in [0.2, 0.25) is 0 Å². The first-order chi connectivity index (χ1) is 9.18. The van der Waals surface area contributed by atoms with Crippen molar-refractivity contribution in [2.24, 2.45) is 0 Å². The molecule has 0 bridgehead atoms. The van der Waals surface area contributed by atoms with Gasteiger partial charge in [-0.15, -0.1) is 0 Å². The third-order valence-electron chi connectivity index (χ3n) is 3.81. The number of carbonyl (C=O) groups is 1. The molecule has 0 amide bonds. The molecule has 3 unspecified atom stereocenters. The van der Waals surface area contributed by atoms with Crippen molar-refractivity contribution in [1.82, 2.24) is 5.32 Å². The molecular weight excluding hydrogens is 242 g/mol. The van der Waals surface area contributed by atoms with Crippen LogP contribution >= 0.6 is 0 Å². The molecule has 1 aliphatic carbocycles. The quantitative estimate of drug-likeness (QED) is 0.757. The van der Waals surface area contributed by atoms with E-state index in [0.29, 0.717) is 6.54 Å². The topological polar surface area (TPSA) is 69.6 Å². The van der Waals surface area contributed by atoms with Gasteiger partial charge in [-0.05, 0) is 18.4 Å². The Morgan fingerprint density at radius 3 is 2.58 bits per heavy atom. The normalized spacial score (nSPS) is 24.9. The van der Waals surface area contributed by atoms with E-state index in [-0.39, 0.29) is 12.1 Å². The molecule has 0 spiro atoms. The van der Waals surface area contributed by atoms with Crippen LogP contribution in [0.5, 0.6) is 0 Å². The Hall–Kier alpha value is -1.39. The van der Waals surface area contributed by atoms with Crippen LogP contribution in [0.4, 0.5) is 0 Å². The molecule has 1 fully saturated rings. The summed E-state index contributed by atoms with van der Waals surface area (Å²) in [7, 11) is 0. The smallest absolute Gasteiger partial charge is 0.312 e. The lowest BCUT2D eigenvalue weighted by atomic mass is 9.91. The van der Waals surface area contributed by atoms with Crippen molar-refractivity contribution >= 4 is 5.97 Å². The number of hydrogen-bond acceptors (Lipinski definition) is 3. The number of benzene rings is 1. The standard InChI is InChI=1S/C15H21NO3/c17-14-9-5-4-8-13(14)16-10-12(15(18)19)11-6-2-1-3-7-11/h1-3,6-7,12-14,16-17H,4-5,8-10H2,(H,18,19). The summed E-state index contributed by atoms with van der Waals surface area (Å²) < 4.78 is 0. The zero-order valence-corrected chi connectivity index (χ0v) is 11.0. The fourth-order valence-corrected chi connectivity index (χ4v) is 2.65. The lowest BCUT2D eigenvalue weighted by Gasteiger charge is -2.29. The first-order valence-electron chi connectivity index (χ1n) is 6.87. The number of rotatable bonds is 5. The maximum Gasteiger partial charge on any atom is 0.312 e. The van der Waals surface area contributed by atoms with Crippen LogP contribution < -0.4 is 5.32 Å². The van der Waals surface area contributed by atoms with E-state index in [2.05, 4.69) is 5.32 Å². The summed E-state index contributed by atoms with van der Waals surface area (Å²) in [6, 6.07) is 9.26. The van der Waals surface area contributed by atoms with Gasteiger partial charge in [-0.3, -0.25) is 4.79 Å². The predicted octanol–water partition coefficient (Wildman–Crippen LogP) is 1.75. The van der Waals surface area contributed by atoms with Gasteiger partial charge in [-0.1, -0.05) is 43.2 Å². The molecule has 104 valence electrons. The molecule has 0 saturated heterocycles. The minimum atomic E-state index is -0.830. The number of aliphatic hydroxyl groups excluding tert-OH is 1. The van der Waals surface area contributed by atoms with Crippen LogP contribution in [0.1, 0.15) is 37.2 Å². The molecule has 3 atom stereocenters. The van der Waals surface area contributed by atoms with Gasteiger partial charge in [0.15, 0.2) is 0 Å². The SMILES string of the molecule is O=C(O)C(CNC1CCCCC1O)c1ccccc1. The van der Waals surface area contributed by atoms with Crippen molar-refractivity contribution < 1.29 is 15.0 Å². The Balaban J connectivity index is 1.96. The molecule has 0 heterocycles. The minimum Gasteiger partial charge on any atom is -0.481 e. The third-order valence-corrected chi connectivity index (χ3v) is 3.81. The van der Waals surface area contributed by atoms with E-state index in [9.17, 15) is 15.0 Å². The Bertz CT molecular complexity index is 407. The highest BCUT2D eigenvalue weighted by Gasteiger charge is 2.26. The first kappa shape index (κ1) is 14.0. The maximum atomic E-state index is 11.4. The van der Waals surface area contributed by atoms with E-state index in [0.717, 1.165) is 31.2 Å². The first-order valence-corrected chi connectivity index (χ1v) is 6.87. The highest BCUT2D eigenvalue weighted by molar-refractivity contribution is 5.76. The Morgan fingerprint density at radius 1 is 1.26 bits per heavy atom. The summed E-state index contributed by atoms with van der Waals surface area (Å²) >= 11 is 0. The highest BCUT2D eigenvalue weighted by atomic mass is 16.4. The number of carboxylic acids is 1. The van der Waals surface area contributed by atoms with Gasteiger partial charge in [0.2, 0.25) is 0 Å². The average molecular weight is 263 g/mol. The number of aliphatic carboxylic acids is 1. The Kier molecular flexibility index (Phi) is 4.93. The number of aliphatic hydroxyl groups is 1. The molecule has 4 heteroatoms. The van der Waals surface area contributed by atoms with Gasteiger partial charge in [-0.2, -0.15) is 0 Å². The molecule has 0 aliphatic heterocycles. The van der Waals surface area contributed by atoms with Crippen LogP contribution in [0, 0.1) is 0 Å². The van der Waals surface area contributed by atoms with Gasteiger partial charge in [0, 0.05) is 12.6 Å². The largest absolute Gasteiger partial charge is 0.481 e. The number of nitrogens with one attached hydrogen (secondary N) is 1. The van der Waals surface area contributed by atoms with Crippen LogP contribution in [0.25, 0.3) is 0 Å². The van der Waals surface area contributed by atoms with Crippen molar-refractivity contribution in [3.8, 4) is 0 Å². The Morgan fingerprint density at radius 2 is 1.95 bits per heavy atom. The molecule has 0 radical (unpaired) electrons. The van der Waals surface area contributed by atoms with Crippen LogP contribution in [-0.2, 0) is 4.79 Å². The fourth-order valence-electron chi connectivity index (χ4n) is 2.65. The zero-order valence-electron chi connectivity index (χ0n) is 11.0. The predicted molar refractivity (Wildman–Crippen MR) is 73.1 cm³/mol. The summed E-state index contributed by atoms with van der Waals surface area (Å²) in [5.41, 5.74) is 0.799. The summed E-state index contributed by atoms with van der Waals surface area (Å²) in [6.07, 6.45) is 3.53. The van der Waals surface area contributed by atoms with Gasteiger partial charge < -0.3 is 15.5 Å². The average Bonchev–Trinajstić information content (AvgIpc) is 2.42. The summed E-state index contributed by atoms with van der Waals surface area (Å²) in [6.45, 7) is 0.362. The molecule has 2 rings (SSSR count). The van der Waals surface area contributed by atoms with Crippen LogP contribution in [-0.4, -0.2) is 34.9 Å². The fraction of sp³-hybridized carbons (Fsp3) is 0.533. The van der Waals surface area contributed by atoms with Gasteiger partial charge in [-0.25, -0.2) is 0 Å². The second-order valence-corrected chi connectivity index (χ2v) is 5.17. The van der Waals surface area contributed by atoms with Crippen molar-refractivity contribution in [3.05, 3.63) is 35.9 Å². The monoisotopic (exact) mass is 263 g/mol. The van der Waals surface area contributed by atoms with E-state index in [4.69, 9.17) is 0 Å². The molecule has 3 N–H and O–H groups in total. The van der Waals surface area contributed by atoms with Crippen LogP contribution in [0.15, 0.2) is 30.3 Å². The van der Waals surface area contributed by atoms with Crippen LogP contribution in [0.3, 0.4) is 0 Å². The van der Waals surface area contributed by atoms with Gasteiger partial charge >= 0.3 is 5.97 Å². The Labute approximate surface area is 113 Å². The van der Waals surface area contributed by atoms with Gasteiger partial charge in [0.1, 0.15) is 0 Å². The molecule has 0 aromatic heterocycles. The van der Waals surface area contributed by atoms with E-state index < -0.39 is 11.9 Å². The summed E-state index contributed by atoms with van der Waals surface area (Å²) in [5, 5.41) is 22.4. The molecule has 1 aliphatic rings. The zero-order chi connectivity index (χ0) is 13.7. The minimum absolute atomic E-state index is 0.0271. The highest BCUT2D eigenvalue weighted by Crippen LogP contribution is 2.20. The lowest BCUT2D eigenvalue weighted by molar-refractivity contribution is -0.138. The van der Waals surface area contributed by atoms with E-state index in [1.165, 1.54) is 0 Å². The second kappa shape index (κ2) is 6.68. The van der Waals surface area contributed by atoms with Gasteiger partial charge in [0.05, 0.1) is 12.0 Å². The van der Waals surface area contributed by atoms with Gasteiger partial charge in [0.25, 0.3) is 0 Å². The van der Waals surface area contributed by atoms with E-state index >= 15 is 0 Å². The molecule has 4 nitrogen and oxygen atoms in total. The maximum absolute atomic E-state index is 11.4. The van der Waals surface area contributed by atoms with Crippen molar-refractivity contribution in [1.29, 1.82) is 0 Å². The van der Waals surface area contributed by atoms with E-state index in [1.807, 2.05) is 30.3 Å².